The highest BCUT2D eigenvalue weighted by Gasteiger charge is 2.26. The second-order valence-corrected chi connectivity index (χ2v) is 7.54. The quantitative estimate of drug-likeness (QED) is 0.794. The second-order valence-electron chi connectivity index (χ2n) is 7.54. The van der Waals surface area contributed by atoms with Crippen LogP contribution >= 0.6 is 0 Å². The molecule has 1 aliphatic heterocycles. The Balaban J connectivity index is 1.51. The molecule has 28 heavy (non-hydrogen) atoms. The van der Waals surface area contributed by atoms with E-state index in [9.17, 15) is 9.59 Å². The van der Waals surface area contributed by atoms with E-state index in [1.807, 2.05) is 43.0 Å². The molecule has 0 radical (unpaired) electrons. The van der Waals surface area contributed by atoms with Gasteiger partial charge in [-0.2, -0.15) is 0 Å². The lowest BCUT2D eigenvalue weighted by atomic mass is 9.92. The lowest BCUT2D eigenvalue weighted by molar-refractivity contribution is -0.116. The summed E-state index contributed by atoms with van der Waals surface area (Å²) >= 11 is 0. The van der Waals surface area contributed by atoms with Gasteiger partial charge in [-0.05, 0) is 68.9 Å². The number of aromatic amines is 1. The zero-order valence-corrected chi connectivity index (χ0v) is 16.9. The first kappa shape index (κ1) is 20.0. The van der Waals surface area contributed by atoms with Gasteiger partial charge in [0, 0.05) is 37.1 Å². The van der Waals surface area contributed by atoms with Crippen molar-refractivity contribution in [3.8, 4) is 5.75 Å². The summed E-state index contributed by atoms with van der Waals surface area (Å²) in [5.74, 6) is 1.24. The molecule has 1 aromatic heterocycles. The number of likely N-dealkylation sites (tertiary alicyclic amines) is 1. The smallest absolute Gasteiger partial charge is 0.255 e. The number of benzene rings is 1. The zero-order valence-electron chi connectivity index (χ0n) is 16.9. The molecule has 1 aliphatic rings. The van der Waals surface area contributed by atoms with Gasteiger partial charge in [-0.1, -0.05) is 0 Å². The van der Waals surface area contributed by atoms with Crippen molar-refractivity contribution >= 4 is 17.5 Å². The van der Waals surface area contributed by atoms with Crippen molar-refractivity contribution in [1.29, 1.82) is 0 Å². The molecule has 0 spiro atoms. The second kappa shape index (κ2) is 8.95. The topological polar surface area (TPSA) is 74.4 Å². The highest BCUT2D eigenvalue weighted by molar-refractivity contribution is 5.95. The number of nitrogens with zero attached hydrogens (tertiary/aromatic N) is 1. The maximum atomic E-state index is 12.7. The fourth-order valence-electron chi connectivity index (χ4n) is 3.79. The summed E-state index contributed by atoms with van der Waals surface area (Å²) in [4.78, 5) is 30.1. The maximum Gasteiger partial charge on any atom is 0.255 e. The van der Waals surface area contributed by atoms with E-state index in [-0.39, 0.29) is 11.8 Å². The average molecular weight is 383 g/mol. The van der Waals surface area contributed by atoms with Gasteiger partial charge in [-0.25, -0.2) is 0 Å². The van der Waals surface area contributed by atoms with Gasteiger partial charge in [-0.3, -0.25) is 9.59 Å². The molecule has 2 amide bonds. The van der Waals surface area contributed by atoms with Crippen molar-refractivity contribution in [3.63, 3.8) is 0 Å². The van der Waals surface area contributed by atoms with Crippen molar-refractivity contribution in [2.45, 2.75) is 39.5 Å². The summed E-state index contributed by atoms with van der Waals surface area (Å²) < 4.78 is 5.20. The van der Waals surface area contributed by atoms with Crippen LogP contribution in [-0.2, 0) is 4.79 Å². The molecule has 0 aliphatic carbocycles. The standard InChI is InChI=1S/C22H29N3O3/c1-15-13-18(28-3)7-8-20(15)24-21(26)9-6-17-5-4-12-25(14-17)22(27)19-10-11-23-16(19)2/h7-8,10-11,13,17,23H,4-6,9,12,14H2,1-3H3,(H,24,26). The van der Waals surface area contributed by atoms with E-state index in [0.29, 0.717) is 12.3 Å². The lowest BCUT2D eigenvalue weighted by Gasteiger charge is -2.32. The number of hydrogen-bond donors (Lipinski definition) is 2. The number of methoxy groups -OCH3 is 1. The van der Waals surface area contributed by atoms with Gasteiger partial charge in [0.05, 0.1) is 12.7 Å². The number of rotatable bonds is 6. The molecule has 6 nitrogen and oxygen atoms in total. The number of carbonyl (C=O) groups excluding carboxylic acids is 2. The normalized spacial score (nSPS) is 16.7. The van der Waals surface area contributed by atoms with E-state index in [2.05, 4.69) is 10.3 Å². The van der Waals surface area contributed by atoms with Gasteiger partial charge in [-0.15, -0.1) is 0 Å². The Morgan fingerprint density at radius 1 is 1.29 bits per heavy atom. The first-order chi connectivity index (χ1) is 13.5. The van der Waals surface area contributed by atoms with Crippen LogP contribution < -0.4 is 10.1 Å². The van der Waals surface area contributed by atoms with E-state index in [0.717, 1.165) is 60.6 Å². The molecule has 1 saturated heterocycles. The fourth-order valence-corrected chi connectivity index (χ4v) is 3.79. The highest BCUT2D eigenvalue weighted by atomic mass is 16.5. The lowest BCUT2D eigenvalue weighted by Crippen LogP contribution is -2.40. The molecule has 1 aromatic carbocycles. The molecular formula is C22H29N3O3. The summed E-state index contributed by atoms with van der Waals surface area (Å²) in [6.45, 7) is 5.38. The van der Waals surface area contributed by atoms with Crippen molar-refractivity contribution < 1.29 is 14.3 Å². The number of anilines is 1. The highest BCUT2D eigenvalue weighted by Crippen LogP contribution is 2.24. The van der Waals surface area contributed by atoms with Crippen LogP contribution in [0.15, 0.2) is 30.5 Å². The number of carbonyl (C=O) groups is 2. The minimum atomic E-state index is 0.0122. The van der Waals surface area contributed by atoms with Gasteiger partial charge >= 0.3 is 0 Å². The summed E-state index contributed by atoms with van der Waals surface area (Å²) in [6.07, 6.45) is 5.09. The Morgan fingerprint density at radius 2 is 2.11 bits per heavy atom. The van der Waals surface area contributed by atoms with Gasteiger partial charge < -0.3 is 19.9 Å². The fraction of sp³-hybridized carbons (Fsp3) is 0.455. The molecular weight excluding hydrogens is 354 g/mol. The van der Waals surface area contributed by atoms with Crippen LogP contribution in [0.3, 0.4) is 0 Å². The molecule has 2 aromatic rings. The third-order valence-corrected chi connectivity index (χ3v) is 5.48. The van der Waals surface area contributed by atoms with E-state index in [1.54, 1.807) is 13.3 Å². The third kappa shape index (κ3) is 4.74. The summed E-state index contributed by atoms with van der Waals surface area (Å²) in [6, 6.07) is 7.46. The Hall–Kier alpha value is -2.76. The van der Waals surface area contributed by atoms with Crippen LogP contribution in [0.4, 0.5) is 5.69 Å². The SMILES string of the molecule is COc1ccc(NC(=O)CCC2CCCN(C(=O)c3cc[nH]c3C)C2)c(C)c1. The van der Waals surface area contributed by atoms with Crippen LogP contribution in [0.25, 0.3) is 0 Å². The largest absolute Gasteiger partial charge is 0.497 e. The van der Waals surface area contributed by atoms with Gasteiger partial charge in [0.15, 0.2) is 0 Å². The monoisotopic (exact) mass is 383 g/mol. The molecule has 3 rings (SSSR count). The molecule has 0 saturated carbocycles. The number of aromatic nitrogens is 1. The Labute approximate surface area is 166 Å². The molecule has 0 bridgehead atoms. The maximum absolute atomic E-state index is 12.7. The van der Waals surface area contributed by atoms with E-state index in [1.165, 1.54) is 0 Å². The predicted molar refractivity (Wildman–Crippen MR) is 110 cm³/mol. The van der Waals surface area contributed by atoms with Crippen LogP contribution in [0.2, 0.25) is 0 Å². The molecule has 1 atom stereocenters. The van der Waals surface area contributed by atoms with Crippen molar-refractivity contribution in [1.82, 2.24) is 9.88 Å². The predicted octanol–water partition coefficient (Wildman–Crippen LogP) is 3.91. The van der Waals surface area contributed by atoms with Crippen LogP contribution in [0.5, 0.6) is 5.75 Å². The van der Waals surface area contributed by atoms with E-state index in [4.69, 9.17) is 4.74 Å². The first-order valence-electron chi connectivity index (χ1n) is 9.85. The van der Waals surface area contributed by atoms with Crippen molar-refractivity contribution in [3.05, 3.63) is 47.3 Å². The van der Waals surface area contributed by atoms with Crippen molar-refractivity contribution in [2.24, 2.45) is 5.92 Å². The molecule has 150 valence electrons. The van der Waals surface area contributed by atoms with E-state index < -0.39 is 0 Å². The number of aryl methyl sites for hydroxylation is 2. The molecule has 2 N–H and O–H groups in total. The number of amides is 2. The molecule has 6 heteroatoms. The van der Waals surface area contributed by atoms with Crippen LogP contribution in [-0.4, -0.2) is 41.9 Å². The van der Waals surface area contributed by atoms with Crippen molar-refractivity contribution in [2.75, 3.05) is 25.5 Å². The van der Waals surface area contributed by atoms with Crippen LogP contribution in [0, 0.1) is 19.8 Å². The Bertz CT molecular complexity index is 843. The molecule has 2 heterocycles. The summed E-state index contributed by atoms with van der Waals surface area (Å²) in [5, 5.41) is 2.99. The number of nitrogens with one attached hydrogen (secondary N) is 2. The Morgan fingerprint density at radius 3 is 2.79 bits per heavy atom. The number of piperidine rings is 1. The molecule has 1 unspecified atom stereocenters. The first-order valence-corrected chi connectivity index (χ1v) is 9.85. The van der Waals surface area contributed by atoms with Gasteiger partial charge in [0.1, 0.15) is 5.75 Å². The Kier molecular flexibility index (Phi) is 6.39. The summed E-state index contributed by atoms with van der Waals surface area (Å²) in [5.41, 5.74) is 3.44. The number of H-pyrrole nitrogens is 1. The zero-order chi connectivity index (χ0) is 20.1. The molecule has 1 fully saturated rings. The van der Waals surface area contributed by atoms with Crippen LogP contribution in [0.1, 0.15) is 47.3 Å². The van der Waals surface area contributed by atoms with Gasteiger partial charge in [0.25, 0.3) is 5.91 Å². The minimum Gasteiger partial charge on any atom is -0.497 e. The minimum absolute atomic E-state index is 0.0122. The van der Waals surface area contributed by atoms with Gasteiger partial charge in [0.2, 0.25) is 5.91 Å². The number of ether oxygens (including phenoxy) is 1. The number of hydrogen-bond acceptors (Lipinski definition) is 3. The third-order valence-electron chi connectivity index (χ3n) is 5.48. The average Bonchev–Trinajstić information content (AvgIpc) is 3.13. The summed E-state index contributed by atoms with van der Waals surface area (Å²) in [7, 11) is 1.63. The van der Waals surface area contributed by atoms with E-state index >= 15 is 0 Å².